The largest absolute Gasteiger partial charge is 0.369 e. The summed E-state index contributed by atoms with van der Waals surface area (Å²) in [6.45, 7) is 32.4. The van der Waals surface area contributed by atoms with E-state index in [4.69, 9.17) is 29.9 Å². The molecule has 5 N–H and O–H groups in total. The van der Waals surface area contributed by atoms with Gasteiger partial charge in [0.2, 0.25) is 33.8 Å². The molecule has 0 spiro atoms. The van der Waals surface area contributed by atoms with Crippen molar-refractivity contribution in [2.45, 2.75) is 128 Å². The SMILES string of the molecule is CN1CCN(c2ccc(Nc3nc(Cc4cccc(CS(=O)(=O)C5CC5)c4)c4ccccc4n3)cc2)CC1.CN1CCN(c2ccc(Nc3nc(Cc4cccc(S(=O)(=O)NC(C)(C)C)c4)c4ccccc4n3)cc2)CC1.Cc1cnc(Nc2ccc(N3CCN(C)CC3)cc2)nc1Cc1cccc(CC(=O)C(C)(C)C)c1.Cc1cnc(Nc2ccc(N3CCN(C)CC3)cc2)nc1Cc1cccc(CS(C)(=O)=O)c1. The van der Waals surface area contributed by atoms with Gasteiger partial charge in [0.15, 0.2) is 19.7 Å². The molecule has 0 amide bonds. The van der Waals surface area contributed by atoms with Gasteiger partial charge in [0.1, 0.15) is 5.78 Å². The van der Waals surface area contributed by atoms with Gasteiger partial charge in [0.25, 0.3) is 0 Å². The Balaban J connectivity index is 0.000000139. The Labute approximate surface area is 855 Å². The highest BCUT2D eigenvalue weighted by molar-refractivity contribution is 7.91. The zero-order valence-corrected chi connectivity index (χ0v) is 88.2. The van der Waals surface area contributed by atoms with Crippen LogP contribution in [0.5, 0.6) is 0 Å². The number of anilines is 12. The molecule has 0 atom stereocenters. The topological polar surface area (TPSA) is 309 Å². The Morgan fingerprint density at radius 2 is 0.655 bits per heavy atom. The molecule has 0 radical (unpaired) electrons. The van der Waals surface area contributed by atoms with Crippen molar-refractivity contribution in [3.05, 3.63) is 328 Å². The maximum Gasteiger partial charge on any atom is 0.241 e. The van der Waals surface area contributed by atoms with Crippen LogP contribution >= 0.6 is 0 Å². The van der Waals surface area contributed by atoms with Gasteiger partial charge < -0.3 is 60.5 Å². The molecule has 8 heterocycles. The van der Waals surface area contributed by atoms with Crippen molar-refractivity contribution in [2.75, 3.05) is 180 Å². The molecule has 0 bridgehead atoms. The number of hydrogen-bond acceptors (Lipinski definition) is 27. The number of carbonyl (C=O) groups is 1. The zero-order valence-electron chi connectivity index (χ0n) is 85.7. The fraction of sp³-hybridized carbons (Fsp3) is 0.360. The number of likely N-dealkylation sites (N-methyl/N-ethyl adjacent to an activating group) is 4. The number of aryl methyl sites for hydroxylation is 2. The van der Waals surface area contributed by atoms with Gasteiger partial charge in [0.05, 0.1) is 55.5 Å². The van der Waals surface area contributed by atoms with E-state index in [1.807, 2.05) is 183 Å². The second-order valence-electron chi connectivity index (χ2n) is 41.1. The Bertz CT molecular complexity index is 7160. The monoisotopic (exact) mass is 2010 g/mol. The molecule has 1 saturated carbocycles. The third kappa shape index (κ3) is 30.2. The number of benzene rings is 10. The number of sulfonamides is 1. The van der Waals surface area contributed by atoms with Crippen molar-refractivity contribution in [2.24, 2.45) is 5.41 Å². The lowest BCUT2D eigenvalue weighted by Gasteiger charge is -2.34. The van der Waals surface area contributed by atoms with Crippen molar-refractivity contribution >= 4 is 127 Å². The number of carbonyl (C=O) groups excluding carboxylic acids is 1. The lowest BCUT2D eigenvalue weighted by molar-refractivity contribution is -0.125. The molecule has 0 unspecified atom stereocenters. The molecule has 4 aliphatic heterocycles. The minimum atomic E-state index is -3.64. The highest BCUT2D eigenvalue weighted by atomic mass is 32.2. The van der Waals surface area contributed by atoms with Crippen LogP contribution in [0.4, 0.5) is 69.3 Å². The van der Waals surface area contributed by atoms with Crippen LogP contribution in [0, 0.1) is 19.3 Å². The number of rotatable bonds is 29. The second-order valence-corrected chi connectivity index (χ2v) is 47.2. The third-order valence-corrected chi connectivity index (χ3v) is 31.5. The Morgan fingerprint density at radius 1 is 0.345 bits per heavy atom. The number of nitrogens with zero attached hydrogens (tertiary/aromatic N) is 16. The molecule has 1 aliphatic carbocycles. The predicted octanol–water partition coefficient (Wildman–Crippen LogP) is 18.0. The average molecular weight is 2010 g/mol. The molecule has 19 rings (SSSR count). The number of sulfone groups is 2. The van der Waals surface area contributed by atoms with Crippen LogP contribution < -0.4 is 45.6 Å². The van der Waals surface area contributed by atoms with E-state index in [1.165, 1.54) is 29.0 Å². The van der Waals surface area contributed by atoms with Crippen LogP contribution in [-0.2, 0) is 78.1 Å². The Hall–Kier alpha value is -13.2. The van der Waals surface area contributed by atoms with E-state index in [-0.39, 0.29) is 32.8 Å². The van der Waals surface area contributed by atoms with Crippen molar-refractivity contribution in [1.29, 1.82) is 0 Å². The fourth-order valence-electron chi connectivity index (χ4n) is 18.0. The number of hydrogen-bond donors (Lipinski definition) is 5. The number of Topliss-reactive ketones (excluding diaryl/α,β-unsaturated/α-hetero) is 1. The second kappa shape index (κ2) is 46.9. The van der Waals surface area contributed by atoms with E-state index in [1.54, 1.807) is 18.2 Å². The van der Waals surface area contributed by atoms with E-state index in [0.29, 0.717) is 55.9 Å². The maximum atomic E-state index is 12.9. The van der Waals surface area contributed by atoms with Gasteiger partial charge >= 0.3 is 0 Å². The first-order valence-corrected chi connectivity index (χ1v) is 55.3. The van der Waals surface area contributed by atoms with E-state index >= 15 is 0 Å². The average Bonchev–Trinajstić information content (AvgIpc) is 1.69. The summed E-state index contributed by atoms with van der Waals surface area (Å²) in [5, 5.41) is 15.2. The fourth-order valence-corrected chi connectivity index (χ4v) is 22.0. The molecular weight excluding hydrogens is 1870 g/mol. The molecule has 10 aromatic carbocycles. The summed E-state index contributed by atoms with van der Waals surface area (Å²) in [5.41, 5.74) is 21.9. The molecule has 14 aromatic rings. The van der Waals surface area contributed by atoms with Gasteiger partial charge in [0, 0.05) is 223 Å². The van der Waals surface area contributed by atoms with Crippen molar-refractivity contribution in [1.82, 2.24) is 64.2 Å². The molecule has 758 valence electrons. The maximum absolute atomic E-state index is 12.9. The van der Waals surface area contributed by atoms with Gasteiger partial charge in [-0.2, -0.15) is 0 Å². The third-order valence-electron chi connectivity index (χ3n) is 26.6. The predicted molar refractivity (Wildman–Crippen MR) is 590 cm³/mol. The van der Waals surface area contributed by atoms with Crippen LogP contribution in [-0.4, -0.2) is 240 Å². The van der Waals surface area contributed by atoms with Gasteiger partial charge in [-0.25, -0.2) is 69.8 Å². The molecule has 4 saturated heterocycles. The number of aromatic nitrogens is 8. The quantitative estimate of drug-likeness (QED) is 0.0291. The van der Waals surface area contributed by atoms with Crippen molar-refractivity contribution in [3.63, 3.8) is 0 Å². The number of para-hydroxylation sites is 2. The highest BCUT2D eigenvalue weighted by Crippen LogP contribution is 2.35. The van der Waals surface area contributed by atoms with Crippen molar-refractivity contribution < 1.29 is 30.0 Å². The number of fused-ring (bicyclic) bond motifs is 2. The van der Waals surface area contributed by atoms with Crippen LogP contribution in [0.25, 0.3) is 21.8 Å². The first kappa shape index (κ1) is 105. The van der Waals surface area contributed by atoms with Crippen LogP contribution in [0.2, 0.25) is 0 Å². The molecule has 5 fully saturated rings. The summed E-state index contributed by atoms with van der Waals surface area (Å²) in [4.78, 5) is 69.5. The lowest BCUT2D eigenvalue weighted by atomic mass is 9.87. The smallest absolute Gasteiger partial charge is 0.241 e. The Morgan fingerprint density at radius 3 is 1.01 bits per heavy atom. The summed E-state index contributed by atoms with van der Waals surface area (Å²) in [6.07, 6.45) is 9.37. The van der Waals surface area contributed by atoms with Gasteiger partial charge in [-0.05, 0) is 247 Å². The van der Waals surface area contributed by atoms with Crippen LogP contribution in [0.1, 0.15) is 127 Å². The minimum Gasteiger partial charge on any atom is -0.369 e. The highest BCUT2D eigenvalue weighted by Gasteiger charge is 2.36. The molecule has 5 aliphatic rings. The summed E-state index contributed by atoms with van der Waals surface area (Å²) in [7, 11) is -1.12. The van der Waals surface area contributed by atoms with E-state index in [9.17, 15) is 30.0 Å². The van der Waals surface area contributed by atoms with Gasteiger partial charge in [-0.1, -0.05) is 142 Å². The number of piperazine rings is 4. The molecule has 31 heteroatoms. The summed E-state index contributed by atoms with van der Waals surface area (Å²) >= 11 is 0. The summed E-state index contributed by atoms with van der Waals surface area (Å²) < 4.78 is 76.8. The normalized spacial score (nSPS) is 15.3. The summed E-state index contributed by atoms with van der Waals surface area (Å²) in [5.74, 6) is 2.60. The molecule has 28 nitrogen and oxygen atoms in total. The lowest BCUT2D eigenvalue weighted by Crippen LogP contribution is -2.44. The van der Waals surface area contributed by atoms with Crippen LogP contribution in [0.15, 0.2) is 260 Å². The van der Waals surface area contributed by atoms with Crippen LogP contribution in [0.3, 0.4) is 0 Å². The zero-order chi connectivity index (χ0) is 102. The number of ketones is 1. The van der Waals surface area contributed by atoms with Gasteiger partial charge in [-0.3, -0.25) is 4.79 Å². The number of nitrogens with one attached hydrogen (secondary N) is 5. The standard InChI is InChI=1S/C30H36N6O2S.C30H33N5O2S.C29H37N5O.C25H31N5O2S/c1-30(2,3)34-39(37,38)25-9-7-8-22(20-25)21-28-26-10-5-6-11-27(26)32-29(33-28)31-23-12-14-24(15-13-23)36-18-16-35(4)17-19-36;1-34-15-17-35(18-16-34)25-11-9-24(10-12-25)31-30-32-28-8-3-2-7-27(28)29(33-30)20-22-5-4-6-23(19-22)21-38(36,37)26-13-14-26;1-21-20-30-28(31-24-9-11-25(12-10-24)34-15-13-33(5)14-16-34)32-26(21)18-22-7-6-8-23(17-22)19-27(35)29(2,3)4;1-19-17-26-25(27-22-7-9-23(10-8-22)30-13-11-29(2)12-14-30)28-24(19)16-20-5-4-6-21(15-20)18-33(3,31)32/h5-15,20,34H,16-19,21H2,1-4H3,(H,31,32,33);2-12,19,26H,13-18,20-21H2,1H3,(H,31,32,33);6-12,17,20H,13-16,18-19H2,1-5H3,(H,30,31,32);4-10,15,17H,11-14,16,18H2,1-3H3,(H,26,27,28). The molecular formula is C114H137N21O7S3. The summed E-state index contributed by atoms with van der Waals surface area (Å²) in [6, 6.07) is 80.5. The van der Waals surface area contributed by atoms with Crippen molar-refractivity contribution in [3.8, 4) is 0 Å². The first-order valence-electron chi connectivity index (χ1n) is 50.1. The first-order chi connectivity index (χ1) is 69.4. The van der Waals surface area contributed by atoms with E-state index in [0.717, 1.165) is 235 Å². The molecule has 4 aromatic heterocycles. The Kier molecular flexibility index (Phi) is 33.8. The minimum absolute atomic E-state index is 0.0422. The van der Waals surface area contributed by atoms with Gasteiger partial charge in [-0.15, -0.1) is 0 Å². The molecule has 145 heavy (non-hydrogen) atoms. The van der Waals surface area contributed by atoms with E-state index in [2.05, 4.69) is 213 Å². The van der Waals surface area contributed by atoms with E-state index < -0.39 is 35.2 Å².